The van der Waals surface area contributed by atoms with Crippen LogP contribution in [-0.2, 0) is 13.6 Å². The zero-order valence-corrected chi connectivity index (χ0v) is 18.7. The predicted octanol–water partition coefficient (Wildman–Crippen LogP) is 2.24. The number of thiophene rings is 1. The minimum atomic E-state index is -0.0326. The molecule has 2 N–H and O–H groups in total. The Bertz CT molecular complexity index is 1140. The van der Waals surface area contributed by atoms with Crippen molar-refractivity contribution in [2.75, 3.05) is 13.1 Å². The third-order valence-electron chi connectivity index (χ3n) is 6.63. The van der Waals surface area contributed by atoms with E-state index < -0.39 is 0 Å². The summed E-state index contributed by atoms with van der Waals surface area (Å²) in [5.41, 5.74) is 0.842. The van der Waals surface area contributed by atoms with Gasteiger partial charge in [-0.1, -0.05) is 19.3 Å². The first-order chi connectivity index (χ1) is 15.1. The number of hydrogen-bond donors (Lipinski definition) is 2. The van der Waals surface area contributed by atoms with E-state index in [0.717, 1.165) is 54.8 Å². The number of aryl methyl sites for hydroxylation is 1. The highest BCUT2D eigenvalue weighted by molar-refractivity contribution is 7.17. The van der Waals surface area contributed by atoms with Gasteiger partial charge in [0.05, 0.1) is 12.1 Å². The second-order valence-corrected chi connectivity index (χ2v) is 9.67. The predicted molar refractivity (Wildman–Crippen MR) is 120 cm³/mol. The van der Waals surface area contributed by atoms with Crippen LogP contribution in [0.5, 0.6) is 0 Å². The van der Waals surface area contributed by atoms with Gasteiger partial charge in [-0.25, -0.2) is 4.79 Å². The number of nitrogens with one attached hydrogen (secondary N) is 2. The van der Waals surface area contributed by atoms with E-state index in [1.807, 2.05) is 15.8 Å². The zero-order chi connectivity index (χ0) is 21.4. The van der Waals surface area contributed by atoms with E-state index in [4.69, 9.17) is 0 Å². The van der Waals surface area contributed by atoms with Gasteiger partial charge in [-0.05, 0) is 37.1 Å². The number of likely N-dealkylation sites (tertiary alicyclic amines) is 1. The standard InChI is InChI=1S/C21H29N7O2S/c1-26-19(29)18-16(9-12-31-18)28-17(24-25-21(26)28)13-27-10-7-15(8-11-27)23-20(30)22-14-5-3-2-4-6-14/h9,12,14-15H,2-8,10-11,13H2,1H3,(H2,22,23,30). The molecule has 0 atom stereocenters. The van der Waals surface area contributed by atoms with Gasteiger partial charge < -0.3 is 10.6 Å². The van der Waals surface area contributed by atoms with Gasteiger partial charge in [0.15, 0.2) is 5.82 Å². The number of piperidine rings is 1. The van der Waals surface area contributed by atoms with Crippen molar-refractivity contribution in [3.63, 3.8) is 0 Å². The molecule has 1 aliphatic carbocycles. The molecule has 0 bridgehead atoms. The number of amides is 2. The Balaban J connectivity index is 1.21. The molecule has 31 heavy (non-hydrogen) atoms. The molecular weight excluding hydrogens is 414 g/mol. The van der Waals surface area contributed by atoms with Crippen molar-refractivity contribution in [2.45, 2.75) is 63.6 Å². The molecule has 0 spiro atoms. The molecular formula is C21H29N7O2S. The topological polar surface area (TPSA) is 96.6 Å². The van der Waals surface area contributed by atoms with Gasteiger partial charge in [-0.15, -0.1) is 21.5 Å². The Labute approximate surface area is 184 Å². The first-order valence-electron chi connectivity index (χ1n) is 11.2. The summed E-state index contributed by atoms with van der Waals surface area (Å²) >= 11 is 1.45. The molecule has 0 radical (unpaired) electrons. The van der Waals surface area contributed by atoms with Crippen molar-refractivity contribution in [3.8, 4) is 0 Å². The summed E-state index contributed by atoms with van der Waals surface area (Å²) in [6, 6.07) is 2.48. The summed E-state index contributed by atoms with van der Waals surface area (Å²) in [6.07, 6.45) is 7.75. The SMILES string of the molecule is Cn1c(=O)c2sccc2n2c(CN3CCC(NC(=O)NC4CCCCC4)CC3)nnc12. The molecule has 2 amide bonds. The summed E-state index contributed by atoms with van der Waals surface area (Å²) in [6.45, 7) is 2.45. The summed E-state index contributed by atoms with van der Waals surface area (Å²) < 4.78 is 4.29. The lowest BCUT2D eigenvalue weighted by Crippen LogP contribution is -2.50. The number of nitrogens with zero attached hydrogens (tertiary/aromatic N) is 5. The summed E-state index contributed by atoms with van der Waals surface area (Å²) in [5.74, 6) is 1.41. The van der Waals surface area contributed by atoms with Crippen LogP contribution in [-0.4, -0.2) is 55.3 Å². The zero-order valence-electron chi connectivity index (χ0n) is 17.8. The first-order valence-corrected chi connectivity index (χ1v) is 12.1. The lowest BCUT2D eigenvalue weighted by molar-refractivity contribution is 0.181. The van der Waals surface area contributed by atoms with Crippen LogP contribution < -0.4 is 16.2 Å². The van der Waals surface area contributed by atoms with Crippen LogP contribution in [0.4, 0.5) is 4.79 Å². The normalized spacial score (nSPS) is 19.3. The smallest absolute Gasteiger partial charge is 0.315 e. The van der Waals surface area contributed by atoms with Crippen LogP contribution in [0.15, 0.2) is 16.2 Å². The van der Waals surface area contributed by atoms with Crippen LogP contribution in [0.25, 0.3) is 16.0 Å². The molecule has 3 aromatic rings. The fraction of sp³-hybridized carbons (Fsp3) is 0.619. The fourth-order valence-corrected chi connectivity index (χ4v) is 5.70. The third-order valence-corrected chi connectivity index (χ3v) is 7.52. The van der Waals surface area contributed by atoms with E-state index in [0.29, 0.717) is 18.4 Å². The van der Waals surface area contributed by atoms with E-state index in [2.05, 4.69) is 25.7 Å². The summed E-state index contributed by atoms with van der Waals surface area (Å²) in [4.78, 5) is 27.2. The van der Waals surface area contributed by atoms with Gasteiger partial charge >= 0.3 is 6.03 Å². The van der Waals surface area contributed by atoms with Gasteiger partial charge in [-0.3, -0.25) is 18.7 Å². The highest BCUT2D eigenvalue weighted by atomic mass is 32.1. The van der Waals surface area contributed by atoms with Crippen molar-refractivity contribution < 1.29 is 4.79 Å². The minimum absolute atomic E-state index is 0.0189. The largest absolute Gasteiger partial charge is 0.335 e. The lowest BCUT2D eigenvalue weighted by atomic mass is 9.96. The third kappa shape index (κ3) is 4.06. The molecule has 9 nitrogen and oxygen atoms in total. The lowest BCUT2D eigenvalue weighted by Gasteiger charge is -2.32. The molecule has 2 fully saturated rings. The van der Waals surface area contributed by atoms with Crippen LogP contribution >= 0.6 is 11.3 Å². The molecule has 5 rings (SSSR count). The fourth-order valence-electron chi connectivity index (χ4n) is 4.85. The Morgan fingerprint density at radius 2 is 1.81 bits per heavy atom. The maximum absolute atomic E-state index is 12.5. The summed E-state index contributed by atoms with van der Waals surface area (Å²) in [5, 5.41) is 16.9. The molecule has 1 saturated carbocycles. The van der Waals surface area contributed by atoms with Crippen LogP contribution in [0.2, 0.25) is 0 Å². The Kier molecular flexibility index (Phi) is 5.66. The van der Waals surface area contributed by atoms with Crippen molar-refractivity contribution >= 4 is 33.4 Å². The molecule has 0 aromatic carbocycles. The molecule has 0 unspecified atom stereocenters. The molecule has 1 saturated heterocycles. The van der Waals surface area contributed by atoms with E-state index in [-0.39, 0.29) is 17.6 Å². The number of carbonyl (C=O) groups excluding carboxylic acids is 1. The van der Waals surface area contributed by atoms with Crippen LogP contribution in [0, 0.1) is 0 Å². The van der Waals surface area contributed by atoms with E-state index >= 15 is 0 Å². The average Bonchev–Trinajstić information content (AvgIpc) is 3.41. The van der Waals surface area contributed by atoms with Crippen molar-refractivity contribution in [3.05, 3.63) is 27.6 Å². The number of fused-ring (bicyclic) bond motifs is 3. The van der Waals surface area contributed by atoms with Gasteiger partial charge in [0.2, 0.25) is 5.78 Å². The minimum Gasteiger partial charge on any atom is -0.335 e. The Morgan fingerprint density at radius 1 is 1.10 bits per heavy atom. The highest BCUT2D eigenvalue weighted by Crippen LogP contribution is 2.21. The van der Waals surface area contributed by atoms with Crippen LogP contribution in [0.1, 0.15) is 50.8 Å². The number of aromatic nitrogens is 4. The van der Waals surface area contributed by atoms with Gasteiger partial charge in [0, 0.05) is 32.2 Å². The molecule has 10 heteroatoms. The Hall–Kier alpha value is -2.46. The molecule has 2 aliphatic rings. The van der Waals surface area contributed by atoms with Gasteiger partial charge in [0.25, 0.3) is 5.56 Å². The number of hydrogen-bond acceptors (Lipinski definition) is 6. The second kappa shape index (κ2) is 8.58. The van der Waals surface area contributed by atoms with Gasteiger partial charge in [0.1, 0.15) is 4.70 Å². The number of urea groups is 1. The van der Waals surface area contributed by atoms with Crippen molar-refractivity contribution in [1.29, 1.82) is 0 Å². The quantitative estimate of drug-likeness (QED) is 0.645. The van der Waals surface area contributed by atoms with Crippen molar-refractivity contribution in [1.82, 2.24) is 34.7 Å². The number of rotatable bonds is 4. The first kappa shape index (κ1) is 20.4. The van der Waals surface area contributed by atoms with Crippen molar-refractivity contribution in [2.24, 2.45) is 7.05 Å². The van der Waals surface area contributed by atoms with Gasteiger partial charge in [-0.2, -0.15) is 0 Å². The monoisotopic (exact) mass is 443 g/mol. The number of carbonyl (C=O) groups is 1. The van der Waals surface area contributed by atoms with E-state index in [9.17, 15) is 9.59 Å². The molecule has 1 aliphatic heterocycles. The average molecular weight is 444 g/mol. The van der Waals surface area contributed by atoms with E-state index in [1.54, 1.807) is 11.6 Å². The maximum atomic E-state index is 12.5. The molecule has 3 aromatic heterocycles. The summed E-state index contributed by atoms with van der Waals surface area (Å²) in [7, 11) is 1.74. The van der Waals surface area contributed by atoms with E-state index in [1.165, 1.54) is 30.6 Å². The maximum Gasteiger partial charge on any atom is 0.315 e. The molecule has 166 valence electrons. The molecule has 4 heterocycles. The Morgan fingerprint density at radius 3 is 2.55 bits per heavy atom. The second-order valence-electron chi connectivity index (χ2n) is 8.75. The highest BCUT2D eigenvalue weighted by Gasteiger charge is 2.24. The van der Waals surface area contributed by atoms with Crippen LogP contribution in [0.3, 0.4) is 0 Å².